The molecule has 1 aromatic heterocycles. The summed E-state index contributed by atoms with van der Waals surface area (Å²) < 4.78 is 7.43. The largest absolute Gasteiger partial charge is 0.495 e. The molecule has 0 fully saturated rings. The summed E-state index contributed by atoms with van der Waals surface area (Å²) in [6.45, 7) is 4.55. The Bertz CT molecular complexity index is 456. The molecule has 0 aliphatic carbocycles. The van der Waals surface area contributed by atoms with Crippen LogP contribution in [0.5, 0.6) is 5.75 Å². The minimum atomic E-state index is 0.809. The Morgan fingerprint density at radius 2 is 2.21 bits per heavy atom. The van der Waals surface area contributed by atoms with Gasteiger partial charge in [0, 0.05) is 18.1 Å². The number of benzene rings is 1. The Balaban J connectivity index is 2.66. The van der Waals surface area contributed by atoms with E-state index in [1.54, 1.807) is 7.11 Å². The molecule has 0 bridgehead atoms. The van der Waals surface area contributed by atoms with Crippen molar-refractivity contribution in [3.63, 3.8) is 0 Å². The molecule has 2 heteroatoms. The van der Waals surface area contributed by atoms with Gasteiger partial charge in [-0.05, 0) is 12.1 Å². The maximum atomic E-state index is 5.30. The molecule has 0 amide bonds. The van der Waals surface area contributed by atoms with Gasteiger partial charge in [0.15, 0.2) is 0 Å². The molecule has 0 spiro atoms. The standard InChI is InChI=1S/C12H13NO/c1-3-8-13-9-12(14-2)10-6-4-5-7-11(10)13/h3-7,9H,1,8H2,2H3. The van der Waals surface area contributed by atoms with Crippen LogP contribution in [0.1, 0.15) is 0 Å². The van der Waals surface area contributed by atoms with Crippen LogP contribution in [0.15, 0.2) is 43.1 Å². The van der Waals surface area contributed by atoms with E-state index in [4.69, 9.17) is 4.74 Å². The van der Waals surface area contributed by atoms with E-state index < -0.39 is 0 Å². The maximum Gasteiger partial charge on any atom is 0.144 e. The molecule has 0 unspecified atom stereocenters. The predicted octanol–water partition coefficient (Wildman–Crippen LogP) is 2.84. The van der Waals surface area contributed by atoms with E-state index in [9.17, 15) is 0 Å². The van der Waals surface area contributed by atoms with E-state index in [1.807, 2.05) is 24.4 Å². The second-order valence-electron chi connectivity index (χ2n) is 3.16. The van der Waals surface area contributed by atoms with Crippen molar-refractivity contribution in [2.24, 2.45) is 0 Å². The predicted molar refractivity (Wildman–Crippen MR) is 58.7 cm³/mol. The van der Waals surface area contributed by atoms with Gasteiger partial charge in [0.05, 0.1) is 12.6 Å². The zero-order valence-electron chi connectivity index (χ0n) is 8.23. The summed E-state index contributed by atoms with van der Waals surface area (Å²) in [6, 6.07) is 8.19. The molecule has 2 nitrogen and oxygen atoms in total. The first-order chi connectivity index (χ1) is 6.86. The fraction of sp³-hybridized carbons (Fsp3) is 0.167. The highest BCUT2D eigenvalue weighted by Crippen LogP contribution is 2.27. The van der Waals surface area contributed by atoms with E-state index in [0.717, 1.165) is 17.7 Å². The van der Waals surface area contributed by atoms with Crippen LogP contribution in [0, 0.1) is 0 Å². The van der Waals surface area contributed by atoms with Crippen molar-refractivity contribution in [3.05, 3.63) is 43.1 Å². The molecule has 0 saturated heterocycles. The number of allylic oxidation sites excluding steroid dienone is 1. The van der Waals surface area contributed by atoms with Crippen molar-refractivity contribution in [1.29, 1.82) is 0 Å². The number of rotatable bonds is 3. The van der Waals surface area contributed by atoms with Gasteiger partial charge in [-0.1, -0.05) is 18.2 Å². The van der Waals surface area contributed by atoms with E-state index in [-0.39, 0.29) is 0 Å². The lowest BCUT2D eigenvalue weighted by molar-refractivity contribution is 0.418. The van der Waals surface area contributed by atoms with Crippen molar-refractivity contribution in [3.8, 4) is 5.75 Å². The van der Waals surface area contributed by atoms with Crippen LogP contribution >= 0.6 is 0 Å². The summed E-state index contributed by atoms with van der Waals surface area (Å²) in [4.78, 5) is 0. The van der Waals surface area contributed by atoms with Crippen LogP contribution in [-0.4, -0.2) is 11.7 Å². The molecule has 0 radical (unpaired) electrons. The molecule has 0 aliphatic rings. The minimum absolute atomic E-state index is 0.809. The Hall–Kier alpha value is -1.70. The normalized spacial score (nSPS) is 10.4. The molecule has 0 N–H and O–H groups in total. The van der Waals surface area contributed by atoms with Crippen LogP contribution in [0.4, 0.5) is 0 Å². The average Bonchev–Trinajstić information content (AvgIpc) is 2.58. The lowest BCUT2D eigenvalue weighted by Gasteiger charge is -1.98. The van der Waals surface area contributed by atoms with Crippen molar-refractivity contribution >= 4 is 10.9 Å². The van der Waals surface area contributed by atoms with Crippen LogP contribution in [0.25, 0.3) is 10.9 Å². The molecule has 72 valence electrons. The highest BCUT2D eigenvalue weighted by molar-refractivity contribution is 5.86. The molecule has 0 atom stereocenters. The van der Waals surface area contributed by atoms with Gasteiger partial charge in [0.25, 0.3) is 0 Å². The van der Waals surface area contributed by atoms with Crippen LogP contribution < -0.4 is 4.74 Å². The van der Waals surface area contributed by atoms with Crippen LogP contribution in [0.3, 0.4) is 0 Å². The van der Waals surface area contributed by atoms with Gasteiger partial charge in [-0.2, -0.15) is 0 Å². The van der Waals surface area contributed by atoms with Gasteiger partial charge in [-0.3, -0.25) is 0 Å². The minimum Gasteiger partial charge on any atom is -0.495 e. The molecular weight excluding hydrogens is 174 g/mol. The van der Waals surface area contributed by atoms with Gasteiger partial charge >= 0.3 is 0 Å². The van der Waals surface area contributed by atoms with Gasteiger partial charge in [0.1, 0.15) is 5.75 Å². The lowest BCUT2D eigenvalue weighted by Crippen LogP contribution is -1.91. The number of nitrogens with zero attached hydrogens (tertiary/aromatic N) is 1. The van der Waals surface area contributed by atoms with Crippen molar-refractivity contribution in [2.45, 2.75) is 6.54 Å². The third-order valence-corrected chi connectivity index (χ3v) is 2.30. The smallest absolute Gasteiger partial charge is 0.144 e. The molecular formula is C12H13NO. The first kappa shape index (κ1) is 8.88. The molecule has 1 aromatic carbocycles. The monoisotopic (exact) mass is 187 g/mol. The topological polar surface area (TPSA) is 14.2 Å². The second-order valence-corrected chi connectivity index (χ2v) is 3.16. The zero-order chi connectivity index (χ0) is 9.97. The third-order valence-electron chi connectivity index (χ3n) is 2.30. The molecule has 2 rings (SSSR count). The number of aromatic nitrogens is 1. The SMILES string of the molecule is C=CCn1cc(OC)c2ccccc21. The molecule has 14 heavy (non-hydrogen) atoms. The van der Waals surface area contributed by atoms with E-state index in [1.165, 1.54) is 5.52 Å². The summed E-state index contributed by atoms with van der Waals surface area (Å²) >= 11 is 0. The number of hydrogen-bond acceptors (Lipinski definition) is 1. The quantitative estimate of drug-likeness (QED) is 0.674. The number of methoxy groups -OCH3 is 1. The summed E-state index contributed by atoms with van der Waals surface area (Å²) in [5.41, 5.74) is 1.18. The fourth-order valence-corrected chi connectivity index (χ4v) is 1.67. The maximum absolute atomic E-state index is 5.30. The Morgan fingerprint density at radius 3 is 2.93 bits per heavy atom. The first-order valence-electron chi connectivity index (χ1n) is 4.59. The third kappa shape index (κ3) is 1.29. The second kappa shape index (κ2) is 3.58. The molecule has 0 saturated carbocycles. The van der Waals surface area contributed by atoms with Gasteiger partial charge in [0.2, 0.25) is 0 Å². The fourth-order valence-electron chi connectivity index (χ4n) is 1.67. The Morgan fingerprint density at radius 1 is 1.43 bits per heavy atom. The van der Waals surface area contributed by atoms with Crippen molar-refractivity contribution in [1.82, 2.24) is 4.57 Å². The van der Waals surface area contributed by atoms with Crippen LogP contribution in [-0.2, 0) is 6.54 Å². The van der Waals surface area contributed by atoms with Crippen molar-refractivity contribution < 1.29 is 4.74 Å². The van der Waals surface area contributed by atoms with E-state index in [0.29, 0.717) is 0 Å². The van der Waals surface area contributed by atoms with Crippen molar-refractivity contribution in [2.75, 3.05) is 7.11 Å². The van der Waals surface area contributed by atoms with E-state index in [2.05, 4.69) is 23.3 Å². The highest BCUT2D eigenvalue weighted by atomic mass is 16.5. The summed E-state index contributed by atoms with van der Waals surface area (Å²) in [5.74, 6) is 0.919. The first-order valence-corrected chi connectivity index (χ1v) is 4.59. The average molecular weight is 187 g/mol. The summed E-state index contributed by atoms with van der Waals surface area (Å²) in [7, 11) is 1.69. The van der Waals surface area contributed by atoms with Gasteiger partial charge in [-0.25, -0.2) is 0 Å². The lowest BCUT2D eigenvalue weighted by atomic mass is 10.2. The van der Waals surface area contributed by atoms with E-state index >= 15 is 0 Å². The number of hydrogen-bond donors (Lipinski definition) is 0. The Kier molecular flexibility index (Phi) is 2.27. The number of fused-ring (bicyclic) bond motifs is 1. The van der Waals surface area contributed by atoms with Crippen LogP contribution in [0.2, 0.25) is 0 Å². The molecule has 0 aliphatic heterocycles. The Labute approximate surface area is 83.4 Å². The van der Waals surface area contributed by atoms with Gasteiger partial charge in [-0.15, -0.1) is 6.58 Å². The number of para-hydroxylation sites is 1. The van der Waals surface area contributed by atoms with Gasteiger partial charge < -0.3 is 9.30 Å². The molecule has 2 aromatic rings. The number of ether oxygens (including phenoxy) is 1. The zero-order valence-corrected chi connectivity index (χ0v) is 8.23. The summed E-state index contributed by atoms with van der Waals surface area (Å²) in [5, 5.41) is 1.15. The molecule has 1 heterocycles. The highest BCUT2D eigenvalue weighted by Gasteiger charge is 2.05. The summed E-state index contributed by atoms with van der Waals surface area (Å²) in [6.07, 6.45) is 3.89.